The van der Waals surface area contributed by atoms with Crippen molar-refractivity contribution in [2.75, 3.05) is 17.2 Å². The van der Waals surface area contributed by atoms with Crippen molar-refractivity contribution in [2.45, 2.75) is 20.3 Å². The third kappa shape index (κ3) is 3.38. The van der Waals surface area contributed by atoms with Crippen LogP contribution in [0.5, 0.6) is 0 Å². The Balaban J connectivity index is 2.15. The highest BCUT2D eigenvalue weighted by Gasteiger charge is 2.14. The number of likely N-dealkylation sites (N-methyl/N-ethyl adjacent to an activating group) is 1. The van der Waals surface area contributed by atoms with Crippen LogP contribution in [0.15, 0.2) is 48.5 Å². The van der Waals surface area contributed by atoms with Crippen LogP contribution in [0.3, 0.4) is 0 Å². The molecule has 1 amide bonds. The lowest BCUT2D eigenvalue weighted by molar-refractivity contribution is -0.117. The van der Waals surface area contributed by atoms with Crippen molar-refractivity contribution in [2.24, 2.45) is 0 Å². The molecular weight excluding hydrogens is 248 g/mol. The number of nitrogens with two attached hydrogens (primary N) is 1. The number of carbonyl (C=O) groups excluding carboxylic acids is 1. The Kier molecular flexibility index (Phi) is 4.41. The average Bonchev–Trinajstić information content (AvgIpc) is 2.42. The molecule has 0 radical (unpaired) electrons. The maximum atomic E-state index is 12.4. The smallest absolute Gasteiger partial charge is 0.231 e. The molecule has 2 aromatic rings. The lowest BCUT2D eigenvalue weighted by atomic mass is 10.1. The second-order valence-electron chi connectivity index (χ2n) is 4.90. The van der Waals surface area contributed by atoms with Crippen molar-refractivity contribution in [3.8, 4) is 0 Å². The molecule has 2 N–H and O–H groups in total. The molecule has 0 saturated carbocycles. The SMILES string of the molecule is CCN(C(=O)Cc1ccc(C)cc1)c1cccc(N)c1. The third-order valence-electron chi connectivity index (χ3n) is 3.28. The Labute approximate surface area is 120 Å². The van der Waals surface area contributed by atoms with Gasteiger partial charge in [0.25, 0.3) is 0 Å². The van der Waals surface area contributed by atoms with Crippen LogP contribution in [0.2, 0.25) is 0 Å². The summed E-state index contributed by atoms with van der Waals surface area (Å²) in [7, 11) is 0. The zero-order valence-electron chi connectivity index (χ0n) is 12.0. The topological polar surface area (TPSA) is 46.3 Å². The van der Waals surface area contributed by atoms with Gasteiger partial charge in [0.15, 0.2) is 0 Å². The van der Waals surface area contributed by atoms with Gasteiger partial charge in [0.1, 0.15) is 0 Å². The Morgan fingerprint density at radius 1 is 1.15 bits per heavy atom. The minimum Gasteiger partial charge on any atom is -0.399 e. The summed E-state index contributed by atoms with van der Waals surface area (Å²) in [6, 6.07) is 15.5. The van der Waals surface area contributed by atoms with Crippen LogP contribution < -0.4 is 10.6 Å². The van der Waals surface area contributed by atoms with Gasteiger partial charge < -0.3 is 10.6 Å². The standard InChI is InChI=1S/C17H20N2O/c1-3-19(16-6-4-5-15(18)12-16)17(20)11-14-9-7-13(2)8-10-14/h4-10,12H,3,11,18H2,1-2H3. The van der Waals surface area contributed by atoms with E-state index in [0.29, 0.717) is 18.7 Å². The van der Waals surface area contributed by atoms with Gasteiger partial charge in [-0.3, -0.25) is 4.79 Å². The van der Waals surface area contributed by atoms with E-state index in [-0.39, 0.29) is 5.91 Å². The highest BCUT2D eigenvalue weighted by Crippen LogP contribution is 2.18. The van der Waals surface area contributed by atoms with Crippen molar-refractivity contribution >= 4 is 17.3 Å². The zero-order chi connectivity index (χ0) is 14.5. The second-order valence-corrected chi connectivity index (χ2v) is 4.90. The molecule has 20 heavy (non-hydrogen) atoms. The summed E-state index contributed by atoms with van der Waals surface area (Å²) in [5.74, 6) is 0.0851. The quantitative estimate of drug-likeness (QED) is 0.866. The summed E-state index contributed by atoms with van der Waals surface area (Å²) in [6.45, 7) is 4.64. The zero-order valence-corrected chi connectivity index (χ0v) is 12.0. The number of amides is 1. The summed E-state index contributed by atoms with van der Waals surface area (Å²) in [4.78, 5) is 14.2. The summed E-state index contributed by atoms with van der Waals surface area (Å²) < 4.78 is 0. The molecule has 0 aliphatic carbocycles. The predicted octanol–water partition coefficient (Wildman–Crippen LogP) is 3.17. The average molecular weight is 268 g/mol. The van der Waals surface area contributed by atoms with E-state index < -0.39 is 0 Å². The minimum atomic E-state index is 0.0851. The van der Waals surface area contributed by atoms with E-state index in [9.17, 15) is 4.79 Å². The van der Waals surface area contributed by atoms with E-state index in [4.69, 9.17) is 5.73 Å². The molecule has 2 aromatic carbocycles. The number of carbonyl (C=O) groups is 1. The molecule has 3 heteroatoms. The molecule has 0 unspecified atom stereocenters. The molecule has 0 heterocycles. The summed E-state index contributed by atoms with van der Waals surface area (Å²) in [5.41, 5.74) is 9.53. The molecule has 104 valence electrons. The number of hydrogen-bond donors (Lipinski definition) is 1. The number of aryl methyl sites for hydroxylation is 1. The van der Waals surface area contributed by atoms with E-state index >= 15 is 0 Å². The molecule has 0 fully saturated rings. The third-order valence-corrected chi connectivity index (χ3v) is 3.28. The van der Waals surface area contributed by atoms with Gasteiger partial charge in [-0.05, 0) is 37.6 Å². The molecule has 0 aromatic heterocycles. The molecule has 0 atom stereocenters. The molecule has 0 spiro atoms. The monoisotopic (exact) mass is 268 g/mol. The number of nitrogens with zero attached hydrogens (tertiary/aromatic N) is 1. The Morgan fingerprint density at radius 3 is 2.45 bits per heavy atom. The number of hydrogen-bond acceptors (Lipinski definition) is 2. The second kappa shape index (κ2) is 6.24. The molecule has 0 aliphatic rings. The van der Waals surface area contributed by atoms with Gasteiger partial charge in [-0.1, -0.05) is 35.9 Å². The van der Waals surface area contributed by atoms with Crippen molar-refractivity contribution in [1.29, 1.82) is 0 Å². The molecular formula is C17H20N2O. The maximum absolute atomic E-state index is 12.4. The number of anilines is 2. The van der Waals surface area contributed by atoms with E-state index in [1.165, 1.54) is 5.56 Å². The fourth-order valence-corrected chi connectivity index (χ4v) is 2.17. The van der Waals surface area contributed by atoms with Crippen LogP contribution in [0, 0.1) is 6.92 Å². The summed E-state index contributed by atoms with van der Waals surface area (Å²) in [6.07, 6.45) is 0.406. The lowest BCUT2D eigenvalue weighted by Gasteiger charge is -2.21. The van der Waals surface area contributed by atoms with Gasteiger partial charge in [-0.25, -0.2) is 0 Å². The lowest BCUT2D eigenvalue weighted by Crippen LogP contribution is -2.32. The van der Waals surface area contributed by atoms with Crippen LogP contribution in [0.1, 0.15) is 18.1 Å². The van der Waals surface area contributed by atoms with Crippen molar-refractivity contribution in [1.82, 2.24) is 0 Å². The Bertz CT molecular complexity index is 590. The summed E-state index contributed by atoms with van der Waals surface area (Å²) >= 11 is 0. The Hall–Kier alpha value is -2.29. The minimum absolute atomic E-state index is 0.0851. The highest BCUT2D eigenvalue weighted by molar-refractivity contribution is 5.95. The van der Waals surface area contributed by atoms with Gasteiger partial charge in [0.2, 0.25) is 5.91 Å². The van der Waals surface area contributed by atoms with Gasteiger partial charge in [-0.15, -0.1) is 0 Å². The normalized spacial score (nSPS) is 10.3. The maximum Gasteiger partial charge on any atom is 0.231 e. The number of nitrogen functional groups attached to an aromatic ring is 1. The van der Waals surface area contributed by atoms with E-state index in [0.717, 1.165) is 11.3 Å². The molecule has 0 bridgehead atoms. The van der Waals surface area contributed by atoms with Crippen LogP contribution in [0.4, 0.5) is 11.4 Å². The largest absolute Gasteiger partial charge is 0.399 e. The van der Waals surface area contributed by atoms with Gasteiger partial charge in [0.05, 0.1) is 6.42 Å². The fraction of sp³-hybridized carbons (Fsp3) is 0.235. The van der Waals surface area contributed by atoms with Gasteiger partial charge in [-0.2, -0.15) is 0 Å². The first-order chi connectivity index (χ1) is 9.60. The predicted molar refractivity (Wildman–Crippen MR) is 83.8 cm³/mol. The Morgan fingerprint density at radius 2 is 1.85 bits per heavy atom. The number of benzene rings is 2. The van der Waals surface area contributed by atoms with Crippen molar-refractivity contribution < 1.29 is 4.79 Å². The van der Waals surface area contributed by atoms with E-state index in [2.05, 4.69) is 0 Å². The summed E-state index contributed by atoms with van der Waals surface area (Å²) in [5, 5.41) is 0. The van der Waals surface area contributed by atoms with Crippen LogP contribution in [0.25, 0.3) is 0 Å². The first-order valence-corrected chi connectivity index (χ1v) is 6.81. The number of rotatable bonds is 4. The highest BCUT2D eigenvalue weighted by atomic mass is 16.2. The van der Waals surface area contributed by atoms with Crippen LogP contribution >= 0.6 is 0 Å². The van der Waals surface area contributed by atoms with E-state index in [1.54, 1.807) is 4.90 Å². The van der Waals surface area contributed by atoms with Crippen molar-refractivity contribution in [3.63, 3.8) is 0 Å². The molecule has 0 aliphatic heterocycles. The van der Waals surface area contributed by atoms with Crippen molar-refractivity contribution in [3.05, 3.63) is 59.7 Å². The van der Waals surface area contributed by atoms with E-state index in [1.807, 2.05) is 62.4 Å². The van der Waals surface area contributed by atoms with Gasteiger partial charge >= 0.3 is 0 Å². The molecule has 2 rings (SSSR count). The fourth-order valence-electron chi connectivity index (χ4n) is 2.17. The van der Waals surface area contributed by atoms with Crippen LogP contribution in [-0.2, 0) is 11.2 Å². The first kappa shape index (κ1) is 14.1. The molecule has 3 nitrogen and oxygen atoms in total. The first-order valence-electron chi connectivity index (χ1n) is 6.81. The van der Waals surface area contributed by atoms with Crippen LogP contribution in [-0.4, -0.2) is 12.5 Å². The van der Waals surface area contributed by atoms with Gasteiger partial charge in [0, 0.05) is 17.9 Å². The molecule has 0 saturated heterocycles.